The second kappa shape index (κ2) is 5.00. The van der Waals surface area contributed by atoms with Gasteiger partial charge in [-0.3, -0.25) is 4.79 Å². The van der Waals surface area contributed by atoms with Crippen LogP contribution in [-0.4, -0.2) is 17.8 Å². The largest absolute Gasteiger partial charge is 0.489 e. The fraction of sp³-hybridized carbons (Fsp3) is 0.462. The van der Waals surface area contributed by atoms with Gasteiger partial charge in [0.1, 0.15) is 5.75 Å². The number of amides is 1. The van der Waals surface area contributed by atoms with Gasteiger partial charge in [0.05, 0.1) is 11.8 Å². The molecule has 1 aromatic carbocycles. The molecule has 1 heterocycles. The van der Waals surface area contributed by atoms with E-state index in [1.165, 1.54) is 0 Å². The highest BCUT2D eigenvalue weighted by atomic mass is 32.2. The lowest BCUT2D eigenvalue weighted by Gasteiger charge is -2.16. The number of hydrogen-bond donors (Lipinski definition) is 1. The van der Waals surface area contributed by atoms with Crippen molar-refractivity contribution in [2.45, 2.75) is 31.8 Å². The number of benzene rings is 1. The van der Waals surface area contributed by atoms with Crippen molar-refractivity contribution in [1.82, 2.24) is 0 Å². The molecule has 4 heteroatoms. The maximum absolute atomic E-state index is 11.8. The Kier molecular flexibility index (Phi) is 3.62. The van der Waals surface area contributed by atoms with Crippen LogP contribution in [-0.2, 0) is 4.79 Å². The zero-order chi connectivity index (χ0) is 12.4. The van der Waals surface area contributed by atoms with Crippen LogP contribution in [0.5, 0.6) is 5.75 Å². The van der Waals surface area contributed by atoms with E-state index in [0.29, 0.717) is 0 Å². The van der Waals surface area contributed by atoms with E-state index >= 15 is 0 Å². The van der Waals surface area contributed by atoms with E-state index in [1.54, 1.807) is 11.8 Å². The van der Waals surface area contributed by atoms with Crippen molar-refractivity contribution in [3.8, 4) is 5.75 Å². The number of ether oxygens (including phenoxy) is 1. The van der Waals surface area contributed by atoms with Gasteiger partial charge in [-0.25, -0.2) is 0 Å². The second-order valence-corrected chi connectivity index (χ2v) is 5.56. The molecule has 0 saturated heterocycles. The molecule has 0 radical (unpaired) electrons. The summed E-state index contributed by atoms with van der Waals surface area (Å²) >= 11 is 1.70. The molecule has 3 nitrogen and oxygen atoms in total. The van der Waals surface area contributed by atoms with Crippen LogP contribution in [0.15, 0.2) is 23.1 Å². The third-order valence-corrected chi connectivity index (χ3v) is 3.85. The molecule has 1 aliphatic heterocycles. The normalized spacial score (nSPS) is 19.5. The first-order valence-corrected chi connectivity index (χ1v) is 6.80. The van der Waals surface area contributed by atoms with Crippen LogP contribution in [0.4, 0.5) is 5.69 Å². The highest BCUT2D eigenvalue weighted by Gasteiger charge is 2.22. The minimum absolute atomic E-state index is 0.0271. The lowest BCUT2D eigenvalue weighted by Crippen LogP contribution is -2.20. The Labute approximate surface area is 106 Å². The highest BCUT2D eigenvalue weighted by molar-refractivity contribution is 7.99. The van der Waals surface area contributed by atoms with Crippen molar-refractivity contribution in [1.29, 1.82) is 0 Å². The molecule has 1 aliphatic rings. The van der Waals surface area contributed by atoms with Crippen molar-refractivity contribution >= 4 is 23.4 Å². The lowest BCUT2D eigenvalue weighted by molar-refractivity contribution is -0.118. The number of carbonyl (C=O) groups excluding carboxylic acids is 1. The van der Waals surface area contributed by atoms with Crippen molar-refractivity contribution in [3.63, 3.8) is 0 Å². The van der Waals surface area contributed by atoms with Gasteiger partial charge in [0.25, 0.3) is 0 Å². The summed E-state index contributed by atoms with van der Waals surface area (Å²) in [4.78, 5) is 12.9. The van der Waals surface area contributed by atoms with E-state index in [-0.39, 0.29) is 17.9 Å². The summed E-state index contributed by atoms with van der Waals surface area (Å²) in [5, 5.41) is 2.96. The number of thioether (sulfide) groups is 1. The molecule has 0 aliphatic carbocycles. The summed E-state index contributed by atoms with van der Waals surface area (Å²) < 4.78 is 5.72. The average molecular weight is 251 g/mol. The summed E-state index contributed by atoms with van der Waals surface area (Å²) in [7, 11) is 0. The average Bonchev–Trinajstić information content (AvgIpc) is 2.41. The summed E-state index contributed by atoms with van der Waals surface area (Å²) in [5.41, 5.74) is 0.820. The number of para-hydroxylation sites is 1. The van der Waals surface area contributed by atoms with Gasteiger partial charge in [-0.15, -0.1) is 11.8 Å². The first kappa shape index (κ1) is 12.3. The Bertz CT molecular complexity index is 431. The molecule has 0 fully saturated rings. The Hall–Kier alpha value is -1.16. The van der Waals surface area contributed by atoms with E-state index in [4.69, 9.17) is 4.74 Å². The van der Waals surface area contributed by atoms with Crippen molar-refractivity contribution in [2.24, 2.45) is 5.92 Å². The van der Waals surface area contributed by atoms with Crippen LogP contribution in [0.2, 0.25) is 0 Å². The molecule has 0 saturated carbocycles. The van der Waals surface area contributed by atoms with E-state index in [1.807, 2.05) is 39.0 Å². The van der Waals surface area contributed by atoms with Gasteiger partial charge in [0.15, 0.2) is 0 Å². The fourth-order valence-corrected chi connectivity index (χ4v) is 2.70. The summed E-state index contributed by atoms with van der Waals surface area (Å²) in [6.45, 7) is 5.90. The van der Waals surface area contributed by atoms with Gasteiger partial charge in [0, 0.05) is 16.6 Å². The zero-order valence-electron chi connectivity index (χ0n) is 10.3. The van der Waals surface area contributed by atoms with Crippen LogP contribution in [0.1, 0.15) is 20.8 Å². The molecule has 0 aromatic heterocycles. The first-order valence-electron chi connectivity index (χ1n) is 5.81. The monoisotopic (exact) mass is 251 g/mol. The summed E-state index contributed by atoms with van der Waals surface area (Å²) in [6.07, 6.45) is 0.101. The molecular formula is C13H17NO2S. The molecule has 1 amide bonds. The second-order valence-electron chi connectivity index (χ2n) is 4.50. The van der Waals surface area contributed by atoms with Gasteiger partial charge in [-0.1, -0.05) is 13.0 Å². The van der Waals surface area contributed by atoms with Crippen molar-refractivity contribution in [2.75, 3.05) is 11.1 Å². The summed E-state index contributed by atoms with van der Waals surface area (Å²) in [6, 6.07) is 5.88. The van der Waals surface area contributed by atoms with Crippen LogP contribution in [0, 0.1) is 5.92 Å². The number of nitrogens with one attached hydrogen (secondary N) is 1. The van der Waals surface area contributed by atoms with Gasteiger partial charge in [-0.05, 0) is 26.0 Å². The molecule has 2 rings (SSSR count). The van der Waals surface area contributed by atoms with Gasteiger partial charge in [0.2, 0.25) is 5.91 Å². The Balaban J connectivity index is 2.36. The molecule has 1 aromatic rings. The Morgan fingerprint density at radius 1 is 1.47 bits per heavy atom. The molecule has 0 bridgehead atoms. The van der Waals surface area contributed by atoms with Gasteiger partial charge < -0.3 is 10.1 Å². The van der Waals surface area contributed by atoms with Gasteiger partial charge in [-0.2, -0.15) is 0 Å². The molecule has 1 N–H and O–H groups in total. The third kappa shape index (κ3) is 2.75. The van der Waals surface area contributed by atoms with Crippen LogP contribution in [0.3, 0.4) is 0 Å². The quantitative estimate of drug-likeness (QED) is 0.877. The van der Waals surface area contributed by atoms with Gasteiger partial charge >= 0.3 is 0 Å². The molecule has 0 spiro atoms. The minimum atomic E-state index is 0.0271. The van der Waals surface area contributed by atoms with Crippen molar-refractivity contribution in [3.05, 3.63) is 18.2 Å². The van der Waals surface area contributed by atoms with E-state index in [2.05, 4.69) is 5.32 Å². The first-order chi connectivity index (χ1) is 8.08. The number of carbonyl (C=O) groups is 1. The lowest BCUT2D eigenvalue weighted by atomic mass is 10.2. The Morgan fingerprint density at radius 3 is 2.94 bits per heavy atom. The molecule has 92 valence electrons. The fourth-order valence-electron chi connectivity index (χ4n) is 1.64. The number of hydrogen-bond acceptors (Lipinski definition) is 3. The van der Waals surface area contributed by atoms with Crippen LogP contribution < -0.4 is 10.1 Å². The number of anilines is 1. The van der Waals surface area contributed by atoms with E-state index < -0.39 is 0 Å². The minimum Gasteiger partial charge on any atom is -0.489 e. The smallest absolute Gasteiger partial charge is 0.228 e. The number of fused-ring (bicyclic) bond motifs is 1. The molecule has 1 atom stereocenters. The third-order valence-electron chi connectivity index (χ3n) is 2.54. The summed E-state index contributed by atoms with van der Waals surface area (Å²) in [5.74, 6) is 1.66. The SMILES string of the molecule is CC(C)Oc1cccc2c1NC(=O)C(C)CS2. The maximum atomic E-state index is 11.8. The Morgan fingerprint density at radius 2 is 2.24 bits per heavy atom. The van der Waals surface area contributed by atoms with E-state index in [0.717, 1.165) is 22.1 Å². The predicted octanol–water partition coefficient (Wildman–Crippen LogP) is 3.15. The van der Waals surface area contributed by atoms with Crippen LogP contribution in [0.25, 0.3) is 0 Å². The molecule has 17 heavy (non-hydrogen) atoms. The number of rotatable bonds is 2. The maximum Gasteiger partial charge on any atom is 0.228 e. The predicted molar refractivity (Wildman–Crippen MR) is 70.7 cm³/mol. The van der Waals surface area contributed by atoms with Crippen LogP contribution >= 0.6 is 11.8 Å². The molecule has 1 unspecified atom stereocenters. The highest BCUT2D eigenvalue weighted by Crippen LogP contribution is 2.39. The zero-order valence-corrected chi connectivity index (χ0v) is 11.1. The topological polar surface area (TPSA) is 38.3 Å². The van der Waals surface area contributed by atoms with Crippen molar-refractivity contribution < 1.29 is 9.53 Å². The standard InChI is InChI=1S/C13H17NO2S/c1-8(2)16-10-5-4-6-11-12(10)14-13(15)9(3)7-17-11/h4-6,8-9H,7H2,1-3H3,(H,14,15). The molecular weight excluding hydrogens is 234 g/mol. The van der Waals surface area contributed by atoms with E-state index in [9.17, 15) is 4.79 Å².